The minimum absolute atomic E-state index is 0. The van der Waals surface area contributed by atoms with Crippen LogP contribution in [0, 0.1) is 5.41 Å². The topological polar surface area (TPSA) is 44.4 Å². The normalized spacial score (nSPS) is 25.0. The number of amides is 1. The molecule has 0 aromatic heterocycles. The van der Waals surface area contributed by atoms with Gasteiger partial charge in [0, 0.05) is 23.8 Å². The standard InChI is InChI=1S/C15H20ClN3O.ClH/c16-12-2-1-3-13(8-12)18-14(20)9-19-7-5-15(11-19)4-6-17-10-15;/h1-3,8,17H,4-7,9-11H2,(H,18,20);1H. The van der Waals surface area contributed by atoms with Gasteiger partial charge in [-0.25, -0.2) is 0 Å². The number of hydrogen-bond acceptors (Lipinski definition) is 3. The van der Waals surface area contributed by atoms with Crippen LogP contribution in [0.4, 0.5) is 5.69 Å². The average molecular weight is 330 g/mol. The third-order valence-corrected chi connectivity index (χ3v) is 4.56. The highest BCUT2D eigenvalue weighted by molar-refractivity contribution is 6.30. The number of rotatable bonds is 3. The number of carbonyl (C=O) groups excluding carboxylic acids is 1. The number of nitrogens with zero attached hydrogens (tertiary/aromatic N) is 1. The molecule has 2 heterocycles. The van der Waals surface area contributed by atoms with Crippen LogP contribution in [0.15, 0.2) is 24.3 Å². The first-order valence-electron chi connectivity index (χ1n) is 7.14. The molecule has 0 radical (unpaired) electrons. The van der Waals surface area contributed by atoms with Crippen molar-refractivity contribution >= 4 is 35.6 Å². The summed E-state index contributed by atoms with van der Waals surface area (Å²) in [7, 11) is 0. The maximum Gasteiger partial charge on any atom is 0.238 e. The Kier molecular flexibility index (Phi) is 5.49. The molecule has 1 aromatic carbocycles. The zero-order valence-corrected chi connectivity index (χ0v) is 13.5. The molecule has 1 amide bonds. The summed E-state index contributed by atoms with van der Waals surface area (Å²) >= 11 is 5.91. The van der Waals surface area contributed by atoms with Crippen LogP contribution >= 0.6 is 24.0 Å². The van der Waals surface area contributed by atoms with E-state index in [2.05, 4.69) is 15.5 Å². The van der Waals surface area contributed by atoms with Crippen LogP contribution in [0.1, 0.15) is 12.8 Å². The number of likely N-dealkylation sites (tertiary alicyclic amines) is 1. The minimum Gasteiger partial charge on any atom is -0.325 e. The molecule has 21 heavy (non-hydrogen) atoms. The zero-order chi connectivity index (χ0) is 14.0. The zero-order valence-electron chi connectivity index (χ0n) is 11.9. The van der Waals surface area contributed by atoms with Crippen molar-refractivity contribution in [2.45, 2.75) is 12.8 Å². The van der Waals surface area contributed by atoms with E-state index in [0.29, 0.717) is 17.0 Å². The van der Waals surface area contributed by atoms with Gasteiger partial charge in [-0.05, 0) is 49.5 Å². The first-order chi connectivity index (χ1) is 9.65. The monoisotopic (exact) mass is 329 g/mol. The SMILES string of the molecule is Cl.O=C(CN1CCC2(CCNC2)C1)Nc1cccc(Cl)c1. The van der Waals surface area contributed by atoms with E-state index in [9.17, 15) is 4.79 Å². The molecule has 2 saturated heterocycles. The van der Waals surface area contributed by atoms with Crippen LogP contribution in [-0.2, 0) is 4.79 Å². The van der Waals surface area contributed by atoms with E-state index in [0.717, 1.165) is 31.9 Å². The Labute approximate surface area is 136 Å². The fourth-order valence-corrected chi connectivity index (χ4v) is 3.47. The molecule has 116 valence electrons. The molecule has 2 aliphatic heterocycles. The number of hydrogen-bond donors (Lipinski definition) is 2. The Hall–Kier alpha value is -0.810. The van der Waals surface area contributed by atoms with E-state index in [-0.39, 0.29) is 18.3 Å². The van der Waals surface area contributed by atoms with Gasteiger partial charge in [-0.3, -0.25) is 9.69 Å². The van der Waals surface area contributed by atoms with Crippen LogP contribution in [-0.4, -0.2) is 43.5 Å². The second kappa shape index (κ2) is 6.97. The second-order valence-electron chi connectivity index (χ2n) is 5.95. The van der Waals surface area contributed by atoms with Gasteiger partial charge in [0.15, 0.2) is 0 Å². The lowest BCUT2D eigenvalue weighted by atomic mass is 9.87. The van der Waals surface area contributed by atoms with Crippen molar-refractivity contribution in [2.75, 3.05) is 38.0 Å². The molecule has 3 rings (SSSR count). The van der Waals surface area contributed by atoms with Crippen LogP contribution in [0.3, 0.4) is 0 Å². The van der Waals surface area contributed by atoms with E-state index in [1.807, 2.05) is 12.1 Å². The van der Waals surface area contributed by atoms with Crippen molar-refractivity contribution in [3.63, 3.8) is 0 Å². The molecule has 0 aliphatic carbocycles. The number of carbonyl (C=O) groups is 1. The van der Waals surface area contributed by atoms with Crippen LogP contribution in [0.5, 0.6) is 0 Å². The Morgan fingerprint density at radius 1 is 1.43 bits per heavy atom. The summed E-state index contributed by atoms with van der Waals surface area (Å²) < 4.78 is 0. The van der Waals surface area contributed by atoms with Crippen LogP contribution in [0.25, 0.3) is 0 Å². The van der Waals surface area contributed by atoms with E-state index >= 15 is 0 Å². The lowest BCUT2D eigenvalue weighted by molar-refractivity contribution is -0.117. The van der Waals surface area contributed by atoms with Crippen molar-refractivity contribution in [3.8, 4) is 0 Å². The highest BCUT2D eigenvalue weighted by atomic mass is 35.5. The van der Waals surface area contributed by atoms with Crippen molar-refractivity contribution in [3.05, 3.63) is 29.3 Å². The van der Waals surface area contributed by atoms with Crippen molar-refractivity contribution < 1.29 is 4.79 Å². The second-order valence-corrected chi connectivity index (χ2v) is 6.38. The van der Waals surface area contributed by atoms with E-state index in [1.165, 1.54) is 12.8 Å². The summed E-state index contributed by atoms with van der Waals surface area (Å²) in [4.78, 5) is 14.3. The van der Waals surface area contributed by atoms with Gasteiger partial charge in [-0.2, -0.15) is 0 Å². The number of halogens is 2. The molecule has 1 atom stereocenters. The first-order valence-corrected chi connectivity index (χ1v) is 7.52. The molecule has 2 aliphatic rings. The van der Waals surface area contributed by atoms with E-state index < -0.39 is 0 Å². The van der Waals surface area contributed by atoms with Crippen LogP contribution in [0.2, 0.25) is 5.02 Å². The van der Waals surface area contributed by atoms with E-state index in [4.69, 9.17) is 11.6 Å². The highest BCUT2D eigenvalue weighted by Crippen LogP contribution is 2.35. The lowest BCUT2D eigenvalue weighted by Crippen LogP contribution is -2.34. The summed E-state index contributed by atoms with van der Waals surface area (Å²) in [5, 5.41) is 6.98. The fourth-order valence-electron chi connectivity index (χ4n) is 3.28. The fraction of sp³-hybridized carbons (Fsp3) is 0.533. The predicted molar refractivity (Wildman–Crippen MR) is 88.3 cm³/mol. The highest BCUT2D eigenvalue weighted by Gasteiger charge is 2.40. The number of anilines is 1. The summed E-state index contributed by atoms with van der Waals surface area (Å²) in [6, 6.07) is 7.27. The van der Waals surface area contributed by atoms with Gasteiger partial charge in [-0.15, -0.1) is 12.4 Å². The lowest BCUT2D eigenvalue weighted by Gasteiger charge is -2.22. The van der Waals surface area contributed by atoms with Crippen molar-refractivity contribution in [1.29, 1.82) is 0 Å². The van der Waals surface area contributed by atoms with Gasteiger partial charge in [0.05, 0.1) is 6.54 Å². The van der Waals surface area contributed by atoms with Gasteiger partial charge >= 0.3 is 0 Å². The van der Waals surface area contributed by atoms with Gasteiger partial charge in [0.25, 0.3) is 0 Å². The Balaban J connectivity index is 0.00000161. The minimum atomic E-state index is 0. The summed E-state index contributed by atoms with van der Waals surface area (Å²) in [6.45, 7) is 4.73. The Morgan fingerprint density at radius 2 is 2.29 bits per heavy atom. The molecule has 4 nitrogen and oxygen atoms in total. The van der Waals surface area contributed by atoms with Gasteiger partial charge in [0.2, 0.25) is 5.91 Å². The average Bonchev–Trinajstić information content (AvgIpc) is 3.00. The molecule has 2 fully saturated rings. The molecule has 6 heteroatoms. The van der Waals surface area contributed by atoms with Crippen molar-refractivity contribution in [2.24, 2.45) is 5.41 Å². The molecular formula is C15H21Cl2N3O. The van der Waals surface area contributed by atoms with Crippen LogP contribution < -0.4 is 10.6 Å². The van der Waals surface area contributed by atoms with Crippen molar-refractivity contribution in [1.82, 2.24) is 10.2 Å². The third kappa shape index (κ3) is 4.10. The largest absolute Gasteiger partial charge is 0.325 e. The molecule has 2 N–H and O–H groups in total. The smallest absolute Gasteiger partial charge is 0.238 e. The third-order valence-electron chi connectivity index (χ3n) is 4.33. The maximum absolute atomic E-state index is 12.1. The number of nitrogens with one attached hydrogen (secondary N) is 2. The first kappa shape index (κ1) is 16.6. The Morgan fingerprint density at radius 3 is 3.00 bits per heavy atom. The molecular weight excluding hydrogens is 309 g/mol. The molecule has 0 saturated carbocycles. The van der Waals surface area contributed by atoms with Gasteiger partial charge in [0.1, 0.15) is 0 Å². The summed E-state index contributed by atoms with van der Waals surface area (Å²) in [5.74, 6) is 0.0373. The molecule has 1 aromatic rings. The summed E-state index contributed by atoms with van der Waals surface area (Å²) in [6.07, 6.45) is 2.43. The Bertz CT molecular complexity index is 503. The summed E-state index contributed by atoms with van der Waals surface area (Å²) in [5.41, 5.74) is 1.18. The molecule has 1 unspecified atom stereocenters. The molecule has 1 spiro atoms. The predicted octanol–water partition coefficient (Wildman–Crippen LogP) is 2.39. The van der Waals surface area contributed by atoms with E-state index in [1.54, 1.807) is 12.1 Å². The maximum atomic E-state index is 12.1. The van der Waals surface area contributed by atoms with Gasteiger partial charge in [-0.1, -0.05) is 17.7 Å². The molecule has 0 bridgehead atoms. The number of benzene rings is 1. The van der Waals surface area contributed by atoms with Gasteiger partial charge < -0.3 is 10.6 Å². The quantitative estimate of drug-likeness (QED) is 0.894.